The van der Waals surface area contributed by atoms with Crippen LogP contribution in [0.15, 0.2) is 53.6 Å². The molecule has 156 valence electrons. The molecular weight excluding hydrogens is 414 g/mol. The lowest BCUT2D eigenvalue weighted by molar-refractivity contribution is -0.121. The van der Waals surface area contributed by atoms with Crippen molar-refractivity contribution in [2.75, 3.05) is 11.9 Å². The molecule has 0 spiro atoms. The number of piperidine rings is 1. The van der Waals surface area contributed by atoms with Crippen LogP contribution in [0.1, 0.15) is 33.7 Å². The van der Waals surface area contributed by atoms with Gasteiger partial charge < -0.3 is 15.5 Å². The summed E-state index contributed by atoms with van der Waals surface area (Å²) in [5, 5.41) is 9.82. The topological polar surface area (TPSA) is 104 Å². The predicted octanol–water partition coefficient (Wildman–Crippen LogP) is 2.56. The molecule has 2 aliphatic heterocycles. The first kappa shape index (κ1) is 19.4. The molecule has 0 saturated carbocycles. The molecule has 9 heteroatoms. The minimum Gasteiger partial charge on any atom is -0.348 e. The number of carbonyl (C=O) groups is 3. The normalized spacial score (nSPS) is 20.3. The number of thiophene rings is 1. The molecule has 2 N–H and O–H groups in total. The fourth-order valence-corrected chi connectivity index (χ4v) is 4.74. The smallest absolute Gasteiger partial charge is 0.271 e. The average molecular weight is 433 g/mol. The second-order valence-corrected chi connectivity index (χ2v) is 8.34. The van der Waals surface area contributed by atoms with Gasteiger partial charge in [-0.1, -0.05) is 6.07 Å². The summed E-state index contributed by atoms with van der Waals surface area (Å²) in [6, 6.07) is 6.64. The standard InChI is InChI=1S/C22H19N5O3S/c28-20(18-11-23-5-6-24-18)25-15-3-7-27-19(10-15)21(29)26-17-2-1-13(9-16(17)22(27)30)14-4-8-31-12-14/h1-2,4-6,8-9,11-12,15,19H,3,7,10H2,(H,25,28)(H,26,29)/t15-,19-/m0/s1. The number of amides is 3. The largest absolute Gasteiger partial charge is 0.348 e. The van der Waals surface area contributed by atoms with Crippen molar-refractivity contribution < 1.29 is 14.4 Å². The van der Waals surface area contributed by atoms with Gasteiger partial charge in [0.05, 0.1) is 17.4 Å². The van der Waals surface area contributed by atoms with Crippen LogP contribution in [0.5, 0.6) is 0 Å². The van der Waals surface area contributed by atoms with Crippen LogP contribution >= 0.6 is 11.3 Å². The Morgan fingerprint density at radius 2 is 2.10 bits per heavy atom. The molecule has 3 aromatic rings. The maximum absolute atomic E-state index is 13.3. The van der Waals surface area contributed by atoms with Crippen molar-refractivity contribution in [2.45, 2.75) is 24.9 Å². The van der Waals surface area contributed by atoms with Crippen molar-refractivity contribution in [3.05, 3.63) is 64.9 Å². The van der Waals surface area contributed by atoms with Crippen LogP contribution in [0.3, 0.4) is 0 Å². The molecule has 0 radical (unpaired) electrons. The molecule has 4 heterocycles. The van der Waals surface area contributed by atoms with E-state index in [1.807, 2.05) is 29.0 Å². The summed E-state index contributed by atoms with van der Waals surface area (Å²) in [5.74, 6) is -0.751. The fourth-order valence-electron chi connectivity index (χ4n) is 4.07. The number of rotatable bonds is 3. The number of aromatic nitrogens is 2. The second-order valence-electron chi connectivity index (χ2n) is 7.56. The van der Waals surface area contributed by atoms with Crippen LogP contribution in [-0.4, -0.2) is 51.2 Å². The molecule has 1 fully saturated rings. The van der Waals surface area contributed by atoms with Gasteiger partial charge in [0, 0.05) is 25.0 Å². The van der Waals surface area contributed by atoms with Crippen molar-refractivity contribution in [2.24, 2.45) is 0 Å². The molecule has 1 saturated heterocycles. The van der Waals surface area contributed by atoms with Crippen LogP contribution < -0.4 is 10.6 Å². The van der Waals surface area contributed by atoms with E-state index < -0.39 is 6.04 Å². The molecule has 2 aromatic heterocycles. The zero-order valence-electron chi connectivity index (χ0n) is 16.4. The number of anilines is 1. The highest BCUT2D eigenvalue weighted by Crippen LogP contribution is 2.32. The van der Waals surface area contributed by atoms with E-state index in [1.165, 1.54) is 18.6 Å². The number of nitrogens with zero attached hydrogens (tertiary/aromatic N) is 3. The highest BCUT2D eigenvalue weighted by molar-refractivity contribution is 7.08. The number of hydrogen-bond donors (Lipinski definition) is 2. The monoisotopic (exact) mass is 433 g/mol. The molecule has 8 nitrogen and oxygen atoms in total. The van der Waals surface area contributed by atoms with E-state index in [1.54, 1.807) is 22.3 Å². The number of carbonyl (C=O) groups excluding carboxylic acids is 3. The summed E-state index contributed by atoms with van der Waals surface area (Å²) in [6.45, 7) is 0.379. The van der Waals surface area contributed by atoms with Crippen molar-refractivity contribution in [1.29, 1.82) is 0 Å². The Hall–Kier alpha value is -3.59. The Morgan fingerprint density at radius 1 is 1.19 bits per heavy atom. The third-order valence-corrected chi connectivity index (χ3v) is 6.34. The van der Waals surface area contributed by atoms with Crippen molar-refractivity contribution in [1.82, 2.24) is 20.2 Å². The molecule has 1 aromatic carbocycles. The Kier molecular flexibility index (Phi) is 4.95. The summed E-state index contributed by atoms with van der Waals surface area (Å²) in [6.07, 6.45) is 5.25. The maximum Gasteiger partial charge on any atom is 0.271 e. The van der Waals surface area contributed by atoms with Gasteiger partial charge in [0.15, 0.2) is 0 Å². The average Bonchev–Trinajstić information content (AvgIpc) is 3.31. The first-order chi connectivity index (χ1) is 15.1. The van der Waals surface area contributed by atoms with Gasteiger partial charge in [-0.3, -0.25) is 19.4 Å². The molecule has 31 heavy (non-hydrogen) atoms. The van der Waals surface area contributed by atoms with Crippen LogP contribution in [0.4, 0.5) is 5.69 Å². The fraction of sp³-hybridized carbons (Fsp3) is 0.227. The van der Waals surface area contributed by atoms with E-state index in [4.69, 9.17) is 0 Å². The maximum atomic E-state index is 13.3. The van der Waals surface area contributed by atoms with Crippen molar-refractivity contribution in [3.63, 3.8) is 0 Å². The Labute approximate surface area is 182 Å². The number of nitrogens with one attached hydrogen (secondary N) is 2. The SMILES string of the molecule is O=C(N[C@H]1CCN2C(=O)c3cc(-c4ccsc4)ccc3NC(=O)[C@@H]2C1)c1cnccn1. The molecule has 3 amide bonds. The Bertz CT molecular complexity index is 1150. The molecule has 5 rings (SSSR count). The van der Waals surface area contributed by atoms with Gasteiger partial charge in [-0.15, -0.1) is 0 Å². The summed E-state index contributed by atoms with van der Waals surface area (Å²) in [7, 11) is 0. The van der Waals surface area contributed by atoms with Gasteiger partial charge in [0.1, 0.15) is 11.7 Å². The Morgan fingerprint density at radius 3 is 2.87 bits per heavy atom. The van der Waals surface area contributed by atoms with Crippen LogP contribution in [0.25, 0.3) is 11.1 Å². The van der Waals surface area contributed by atoms with E-state index in [0.717, 1.165) is 11.1 Å². The molecule has 2 atom stereocenters. The van der Waals surface area contributed by atoms with Crippen LogP contribution in [-0.2, 0) is 4.79 Å². The first-order valence-corrected chi connectivity index (χ1v) is 10.9. The molecule has 0 bridgehead atoms. The lowest BCUT2D eigenvalue weighted by Gasteiger charge is -2.37. The van der Waals surface area contributed by atoms with E-state index in [0.29, 0.717) is 30.6 Å². The lowest BCUT2D eigenvalue weighted by Crippen LogP contribution is -2.55. The second kappa shape index (κ2) is 7.92. The predicted molar refractivity (Wildman–Crippen MR) is 116 cm³/mol. The summed E-state index contributed by atoms with van der Waals surface area (Å²) in [5.41, 5.74) is 3.20. The number of fused-ring (bicyclic) bond motifs is 2. The minimum absolute atomic E-state index is 0.172. The lowest BCUT2D eigenvalue weighted by atomic mass is 9.95. The highest BCUT2D eigenvalue weighted by Gasteiger charge is 2.40. The number of hydrogen-bond acceptors (Lipinski definition) is 6. The minimum atomic E-state index is -0.648. The van der Waals surface area contributed by atoms with Crippen molar-refractivity contribution >= 4 is 34.7 Å². The van der Waals surface area contributed by atoms with Gasteiger partial charge >= 0.3 is 0 Å². The summed E-state index contributed by atoms with van der Waals surface area (Å²) >= 11 is 1.59. The molecular formula is C22H19N5O3S. The van der Waals surface area contributed by atoms with Gasteiger partial charge in [0.25, 0.3) is 11.8 Å². The molecule has 0 aliphatic carbocycles. The van der Waals surface area contributed by atoms with Crippen LogP contribution in [0, 0.1) is 0 Å². The summed E-state index contributed by atoms with van der Waals surface area (Å²) < 4.78 is 0. The first-order valence-electron chi connectivity index (χ1n) is 9.95. The molecule has 2 aliphatic rings. The third kappa shape index (κ3) is 3.68. The highest BCUT2D eigenvalue weighted by atomic mass is 32.1. The third-order valence-electron chi connectivity index (χ3n) is 5.66. The molecule has 0 unspecified atom stereocenters. The van der Waals surface area contributed by atoms with Crippen LogP contribution in [0.2, 0.25) is 0 Å². The van der Waals surface area contributed by atoms with E-state index in [2.05, 4.69) is 20.6 Å². The van der Waals surface area contributed by atoms with E-state index in [-0.39, 0.29) is 29.5 Å². The van der Waals surface area contributed by atoms with E-state index in [9.17, 15) is 14.4 Å². The van der Waals surface area contributed by atoms with Crippen molar-refractivity contribution in [3.8, 4) is 11.1 Å². The van der Waals surface area contributed by atoms with Gasteiger partial charge in [-0.05, 0) is 52.9 Å². The zero-order chi connectivity index (χ0) is 21.4. The van der Waals surface area contributed by atoms with E-state index >= 15 is 0 Å². The van der Waals surface area contributed by atoms with Gasteiger partial charge in [0.2, 0.25) is 5.91 Å². The van der Waals surface area contributed by atoms with Gasteiger partial charge in [-0.25, -0.2) is 4.98 Å². The zero-order valence-corrected chi connectivity index (χ0v) is 17.3. The summed E-state index contributed by atoms with van der Waals surface area (Å²) in [4.78, 5) is 48.2. The quantitative estimate of drug-likeness (QED) is 0.661. The van der Waals surface area contributed by atoms with Gasteiger partial charge in [-0.2, -0.15) is 11.3 Å². The Balaban J connectivity index is 1.37. The number of benzene rings is 1.